The van der Waals surface area contributed by atoms with Gasteiger partial charge in [-0.15, -0.1) is 0 Å². The molecule has 0 bridgehead atoms. The molecule has 1 aliphatic rings. The van der Waals surface area contributed by atoms with Gasteiger partial charge in [-0.3, -0.25) is 4.90 Å². The first kappa shape index (κ1) is 11.4. The molecule has 0 amide bonds. The Morgan fingerprint density at radius 3 is 2.94 bits per heavy atom. The van der Waals surface area contributed by atoms with Gasteiger partial charge >= 0.3 is 0 Å². The predicted octanol–water partition coefficient (Wildman–Crippen LogP) is 2.01. The lowest BCUT2D eigenvalue weighted by Crippen LogP contribution is -2.19. The van der Waals surface area contributed by atoms with Crippen LogP contribution in [0.5, 0.6) is 0 Å². The zero-order chi connectivity index (χ0) is 11.4. The number of nitrogen functional groups attached to an aromatic ring is 1. The predicted molar refractivity (Wildman–Crippen MR) is 66.1 cm³/mol. The smallest absolute Gasteiger partial charge is 0.0478 e. The van der Waals surface area contributed by atoms with E-state index in [2.05, 4.69) is 17.0 Å². The van der Waals surface area contributed by atoms with Crippen LogP contribution in [0.25, 0.3) is 0 Å². The summed E-state index contributed by atoms with van der Waals surface area (Å²) < 4.78 is 5.34. The summed E-state index contributed by atoms with van der Waals surface area (Å²) in [6, 6.07) is 6.23. The zero-order valence-electron chi connectivity index (χ0n) is 9.91. The molecule has 2 N–H and O–H groups in total. The van der Waals surface area contributed by atoms with Gasteiger partial charge in [0.15, 0.2) is 0 Å². The maximum atomic E-state index is 5.78. The molecule has 1 aromatic carbocycles. The van der Waals surface area contributed by atoms with Gasteiger partial charge in [0, 0.05) is 38.5 Å². The number of hydrogen-bond acceptors (Lipinski definition) is 3. The summed E-state index contributed by atoms with van der Waals surface area (Å²) in [5, 5.41) is 0. The van der Waals surface area contributed by atoms with E-state index in [4.69, 9.17) is 10.5 Å². The van der Waals surface area contributed by atoms with E-state index in [1.165, 1.54) is 11.1 Å². The average molecular weight is 220 g/mol. The second kappa shape index (κ2) is 5.32. The first-order chi connectivity index (χ1) is 7.79. The highest BCUT2D eigenvalue weighted by atomic mass is 16.5. The highest BCUT2D eigenvalue weighted by Gasteiger charge is 2.17. The molecule has 1 aromatic rings. The largest absolute Gasteiger partial charge is 0.399 e. The summed E-state index contributed by atoms with van der Waals surface area (Å²) in [6.45, 7) is 6.92. The minimum Gasteiger partial charge on any atom is -0.399 e. The number of ether oxygens (including phenoxy) is 1. The minimum atomic E-state index is 0.816. The monoisotopic (exact) mass is 220 g/mol. The summed E-state index contributed by atoms with van der Waals surface area (Å²) in [5.74, 6) is 0. The van der Waals surface area contributed by atoms with Crippen molar-refractivity contribution < 1.29 is 4.74 Å². The molecule has 3 nitrogen and oxygen atoms in total. The molecule has 3 heteroatoms. The quantitative estimate of drug-likeness (QED) is 0.609. The molecule has 0 aromatic heterocycles. The van der Waals surface area contributed by atoms with Gasteiger partial charge in [-0.2, -0.15) is 0 Å². The molecule has 0 radical (unpaired) electrons. The van der Waals surface area contributed by atoms with Crippen LogP contribution in [0.4, 0.5) is 5.69 Å². The molecule has 88 valence electrons. The van der Waals surface area contributed by atoms with E-state index in [1.54, 1.807) is 0 Å². The van der Waals surface area contributed by atoms with Gasteiger partial charge in [0.05, 0.1) is 0 Å². The number of anilines is 1. The second-order valence-corrected chi connectivity index (χ2v) is 4.29. The van der Waals surface area contributed by atoms with Gasteiger partial charge in [-0.1, -0.05) is 6.07 Å². The Balaban J connectivity index is 1.81. The molecule has 0 unspecified atom stereocenters. The van der Waals surface area contributed by atoms with Gasteiger partial charge in [0.1, 0.15) is 0 Å². The molecule has 0 spiro atoms. The van der Waals surface area contributed by atoms with E-state index in [-0.39, 0.29) is 0 Å². The Bertz CT molecular complexity index is 352. The van der Waals surface area contributed by atoms with E-state index < -0.39 is 0 Å². The SMILES string of the molecule is CCOCCCN1Cc2ccc(N)cc2C1. The normalized spacial score (nSPS) is 15.3. The topological polar surface area (TPSA) is 38.5 Å². The third kappa shape index (κ3) is 2.74. The first-order valence-corrected chi connectivity index (χ1v) is 5.97. The maximum absolute atomic E-state index is 5.78. The fourth-order valence-corrected chi connectivity index (χ4v) is 2.18. The van der Waals surface area contributed by atoms with Crippen molar-refractivity contribution in [1.29, 1.82) is 0 Å². The Morgan fingerprint density at radius 1 is 1.31 bits per heavy atom. The van der Waals surface area contributed by atoms with Crippen LogP contribution in [-0.4, -0.2) is 24.7 Å². The molecular weight excluding hydrogens is 200 g/mol. The lowest BCUT2D eigenvalue weighted by Gasteiger charge is -2.14. The Labute approximate surface area is 97.2 Å². The van der Waals surface area contributed by atoms with Crippen molar-refractivity contribution in [2.24, 2.45) is 0 Å². The number of benzene rings is 1. The van der Waals surface area contributed by atoms with Crippen LogP contribution >= 0.6 is 0 Å². The number of fused-ring (bicyclic) bond motifs is 1. The van der Waals surface area contributed by atoms with Crippen LogP contribution in [-0.2, 0) is 17.8 Å². The first-order valence-electron chi connectivity index (χ1n) is 5.97. The van der Waals surface area contributed by atoms with E-state index >= 15 is 0 Å². The van der Waals surface area contributed by atoms with Gasteiger partial charge in [0.25, 0.3) is 0 Å². The Hall–Kier alpha value is -1.06. The van der Waals surface area contributed by atoms with Gasteiger partial charge in [-0.05, 0) is 36.6 Å². The van der Waals surface area contributed by atoms with Crippen molar-refractivity contribution in [2.75, 3.05) is 25.5 Å². The Kier molecular flexibility index (Phi) is 3.80. The standard InChI is InChI=1S/C13H20N2O/c1-2-16-7-3-6-15-9-11-4-5-13(14)8-12(11)10-15/h4-5,8H,2-3,6-7,9-10,14H2,1H3. The van der Waals surface area contributed by atoms with Crippen molar-refractivity contribution in [1.82, 2.24) is 4.90 Å². The van der Waals surface area contributed by atoms with Crippen LogP contribution < -0.4 is 5.73 Å². The van der Waals surface area contributed by atoms with E-state index in [9.17, 15) is 0 Å². The number of nitrogens with two attached hydrogens (primary N) is 1. The molecule has 16 heavy (non-hydrogen) atoms. The molecular formula is C13H20N2O. The highest BCUT2D eigenvalue weighted by molar-refractivity contribution is 5.46. The average Bonchev–Trinajstić information content (AvgIpc) is 2.66. The Morgan fingerprint density at radius 2 is 2.12 bits per heavy atom. The lowest BCUT2D eigenvalue weighted by atomic mass is 10.1. The summed E-state index contributed by atoms with van der Waals surface area (Å²) in [4.78, 5) is 2.45. The van der Waals surface area contributed by atoms with Crippen LogP contribution in [0.15, 0.2) is 18.2 Å². The van der Waals surface area contributed by atoms with Crippen molar-refractivity contribution in [3.8, 4) is 0 Å². The molecule has 0 saturated heterocycles. The van der Waals surface area contributed by atoms with Crippen LogP contribution in [0, 0.1) is 0 Å². The fourth-order valence-electron chi connectivity index (χ4n) is 2.18. The molecule has 2 rings (SSSR count). The molecule has 1 aliphatic heterocycles. The van der Waals surface area contributed by atoms with Crippen LogP contribution in [0.3, 0.4) is 0 Å². The third-order valence-corrected chi connectivity index (χ3v) is 2.99. The number of rotatable bonds is 5. The van der Waals surface area contributed by atoms with Gasteiger partial charge in [0.2, 0.25) is 0 Å². The third-order valence-electron chi connectivity index (χ3n) is 2.99. The molecule has 0 atom stereocenters. The molecule has 0 aliphatic carbocycles. The minimum absolute atomic E-state index is 0.816. The summed E-state index contributed by atoms with van der Waals surface area (Å²) in [7, 11) is 0. The number of hydrogen-bond donors (Lipinski definition) is 1. The summed E-state index contributed by atoms with van der Waals surface area (Å²) in [5.41, 5.74) is 9.46. The molecule has 0 saturated carbocycles. The van der Waals surface area contributed by atoms with E-state index in [0.29, 0.717) is 0 Å². The summed E-state index contributed by atoms with van der Waals surface area (Å²) in [6.07, 6.45) is 1.11. The second-order valence-electron chi connectivity index (χ2n) is 4.29. The fraction of sp³-hybridized carbons (Fsp3) is 0.538. The van der Waals surface area contributed by atoms with Gasteiger partial charge < -0.3 is 10.5 Å². The summed E-state index contributed by atoms with van der Waals surface area (Å²) >= 11 is 0. The maximum Gasteiger partial charge on any atom is 0.0478 e. The van der Waals surface area contributed by atoms with Crippen molar-refractivity contribution in [2.45, 2.75) is 26.4 Å². The zero-order valence-corrected chi connectivity index (χ0v) is 9.91. The highest BCUT2D eigenvalue weighted by Crippen LogP contribution is 2.24. The molecule has 1 heterocycles. The van der Waals surface area contributed by atoms with Gasteiger partial charge in [-0.25, -0.2) is 0 Å². The van der Waals surface area contributed by atoms with E-state index in [0.717, 1.165) is 45.0 Å². The van der Waals surface area contributed by atoms with Crippen LogP contribution in [0.1, 0.15) is 24.5 Å². The lowest BCUT2D eigenvalue weighted by molar-refractivity contribution is 0.131. The van der Waals surface area contributed by atoms with Crippen molar-refractivity contribution >= 4 is 5.69 Å². The van der Waals surface area contributed by atoms with Crippen molar-refractivity contribution in [3.05, 3.63) is 29.3 Å². The van der Waals surface area contributed by atoms with E-state index in [1.807, 2.05) is 13.0 Å². The number of nitrogens with zero attached hydrogens (tertiary/aromatic N) is 1. The van der Waals surface area contributed by atoms with Crippen LogP contribution in [0.2, 0.25) is 0 Å². The van der Waals surface area contributed by atoms with Crippen molar-refractivity contribution in [3.63, 3.8) is 0 Å². The molecule has 0 fully saturated rings.